The quantitative estimate of drug-likeness (QED) is 0.0955. The van der Waals surface area contributed by atoms with E-state index in [1.165, 1.54) is 70.7 Å². The number of aromatic nitrogens is 2. The Bertz CT molecular complexity index is 3190. The first kappa shape index (κ1) is 37.8. The molecular weight excluding hydrogens is 707 g/mol. The van der Waals surface area contributed by atoms with Gasteiger partial charge in [-0.2, -0.15) is 0 Å². The summed E-state index contributed by atoms with van der Waals surface area (Å²) in [5, 5.41) is 10.6. The van der Waals surface area contributed by atoms with Crippen molar-refractivity contribution in [3.8, 4) is 0 Å². The van der Waals surface area contributed by atoms with Gasteiger partial charge in [-0.15, -0.1) is 0 Å². The van der Waals surface area contributed by atoms with E-state index in [0.717, 1.165) is 16.7 Å². The fourth-order valence-corrected chi connectivity index (χ4v) is 8.19. The predicted octanol–water partition coefficient (Wildman–Crippen LogP) is 13.9. The highest BCUT2D eigenvalue weighted by atomic mass is 15.0. The smallest absolute Gasteiger partial charge is 0.160 e. The highest BCUT2D eigenvalue weighted by Crippen LogP contribution is 2.42. The monoisotopic (exact) mass is 753 g/mol. The molecule has 0 bridgehead atoms. The van der Waals surface area contributed by atoms with Crippen LogP contribution in [-0.2, 0) is 13.6 Å². The van der Waals surface area contributed by atoms with Crippen LogP contribution in [0.4, 0.5) is 0 Å². The summed E-state index contributed by atoms with van der Waals surface area (Å²) in [5.74, 6) is 1.21. The second-order valence-electron chi connectivity index (χ2n) is 14.0. The maximum atomic E-state index is 4.72. The molecular formula is C53H47N5. The molecule has 0 spiro atoms. The van der Waals surface area contributed by atoms with Crippen LogP contribution in [0.25, 0.3) is 70.7 Å². The topological polar surface area (TPSA) is 46.4 Å². The molecule has 5 heteroatoms. The fraction of sp³-hybridized carbons (Fsp3) is 0.113. The number of benzene rings is 7. The van der Waals surface area contributed by atoms with Crippen molar-refractivity contribution in [1.82, 2.24) is 8.97 Å². The maximum Gasteiger partial charge on any atom is 0.160 e. The lowest BCUT2D eigenvalue weighted by atomic mass is 10.0. The molecule has 0 aliphatic carbocycles. The van der Waals surface area contributed by atoms with Crippen LogP contribution >= 0.6 is 0 Å². The van der Waals surface area contributed by atoms with Gasteiger partial charge in [-0.05, 0) is 55.8 Å². The number of aliphatic imine (C=N–C) groups is 3. The molecule has 0 N–H and O–H groups in total. The molecule has 0 saturated carbocycles. The number of amidine groups is 2. The standard InChI is InChI=1S/C29H18N2.C22H23N3.C2H6/c1-30-25-11-4-2-8-19(25)24-15-17-13-14-22-21-10-6-9-20-18-7-3-5-12-26(18)31(28(20)21)29(22)23(17)16-27(24)30;1-4-12-19(5-2)21(23-3)25-22(20-15-10-7-11-16-20)24-17-18-13-8-6-9-14-18;1-2/h2-16H,1H3;4-16H,3,17H2,1-2H3;1-2H3/b;12-4-,19-5+,24-22?,25-21?;. The average Bonchev–Trinajstić information content (AvgIpc) is 3.91. The first-order valence-electron chi connectivity index (χ1n) is 20.0. The third-order valence-corrected chi connectivity index (χ3v) is 10.8. The molecule has 0 fully saturated rings. The van der Waals surface area contributed by atoms with E-state index in [1.54, 1.807) is 0 Å². The Hall–Kier alpha value is -7.11. The zero-order valence-corrected chi connectivity index (χ0v) is 33.8. The van der Waals surface area contributed by atoms with E-state index in [-0.39, 0.29) is 0 Å². The van der Waals surface area contributed by atoms with Gasteiger partial charge in [0.15, 0.2) is 11.7 Å². The minimum Gasteiger partial charge on any atom is -0.344 e. The molecule has 284 valence electrons. The van der Waals surface area contributed by atoms with Crippen molar-refractivity contribution >= 4 is 89.1 Å². The van der Waals surface area contributed by atoms with Gasteiger partial charge >= 0.3 is 0 Å². The number of para-hydroxylation sites is 3. The summed E-state index contributed by atoms with van der Waals surface area (Å²) >= 11 is 0. The van der Waals surface area contributed by atoms with E-state index in [2.05, 4.69) is 136 Å². The van der Waals surface area contributed by atoms with Crippen LogP contribution in [0.5, 0.6) is 0 Å². The average molecular weight is 754 g/mol. The van der Waals surface area contributed by atoms with Gasteiger partial charge in [-0.1, -0.05) is 159 Å². The Morgan fingerprint density at radius 1 is 0.586 bits per heavy atom. The molecule has 7 aromatic carbocycles. The van der Waals surface area contributed by atoms with Crippen molar-refractivity contribution in [1.29, 1.82) is 0 Å². The summed E-state index contributed by atoms with van der Waals surface area (Å²) in [7, 11) is 2.18. The van der Waals surface area contributed by atoms with Gasteiger partial charge in [0.1, 0.15) is 0 Å². The van der Waals surface area contributed by atoms with Crippen LogP contribution in [0.15, 0.2) is 190 Å². The molecule has 0 atom stereocenters. The van der Waals surface area contributed by atoms with Crippen molar-refractivity contribution in [3.63, 3.8) is 0 Å². The largest absolute Gasteiger partial charge is 0.344 e. The first-order valence-corrected chi connectivity index (χ1v) is 20.0. The van der Waals surface area contributed by atoms with Crippen LogP contribution in [0.3, 0.4) is 0 Å². The zero-order valence-electron chi connectivity index (χ0n) is 33.8. The Labute approximate surface area is 339 Å². The second kappa shape index (κ2) is 16.5. The van der Waals surface area contributed by atoms with Gasteiger partial charge in [-0.25, -0.2) is 9.98 Å². The third kappa shape index (κ3) is 6.65. The Kier molecular flexibility index (Phi) is 10.8. The van der Waals surface area contributed by atoms with Gasteiger partial charge in [0.25, 0.3) is 0 Å². The van der Waals surface area contributed by atoms with Crippen molar-refractivity contribution in [2.45, 2.75) is 34.2 Å². The van der Waals surface area contributed by atoms with E-state index < -0.39 is 0 Å². The van der Waals surface area contributed by atoms with E-state index in [9.17, 15) is 0 Å². The number of rotatable bonds is 5. The summed E-state index contributed by atoms with van der Waals surface area (Å²) in [6, 6.07) is 53.7. The van der Waals surface area contributed by atoms with Crippen molar-refractivity contribution in [2.24, 2.45) is 22.0 Å². The minimum atomic E-state index is 0.563. The summed E-state index contributed by atoms with van der Waals surface area (Å²) in [4.78, 5) is 13.5. The number of nitrogens with zero attached hydrogens (tertiary/aromatic N) is 5. The highest BCUT2D eigenvalue weighted by Gasteiger charge is 2.19. The molecule has 0 aliphatic heterocycles. The zero-order chi connectivity index (χ0) is 40.2. The highest BCUT2D eigenvalue weighted by molar-refractivity contribution is 6.28. The first-order chi connectivity index (χ1) is 28.6. The molecule has 0 amide bonds. The third-order valence-electron chi connectivity index (χ3n) is 10.8. The number of hydrogen-bond acceptors (Lipinski definition) is 1. The Morgan fingerprint density at radius 2 is 1.17 bits per heavy atom. The van der Waals surface area contributed by atoms with E-state index in [4.69, 9.17) is 4.99 Å². The molecule has 0 radical (unpaired) electrons. The number of aryl methyl sites for hydroxylation is 1. The predicted molar refractivity (Wildman–Crippen MR) is 253 cm³/mol. The summed E-state index contributed by atoms with van der Waals surface area (Å²) in [5.41, 5.74) is 9.51. The summed E-state index contributed by atoms with van der Waals surface area (Å²) < 4.78 is 4.82. The Morgan fingerprint density at radius 3 is 1.86 bits per heavy atom. The normalized spacial score (nSPS) is 12.6. The van der Waals surface area contributed by atoms with Crippen LogP contribution in [0.2, 0.25) is 0 Å². The van der Waals surface area contributed by atoms with Gasteiger partial charge in [0.2, 0.25) is 0 Å². The van der Waals surface area contributed by atoms with Gasteiger partial charge in [-0.3, -0.25) is 4.99 Å². The van der Waals surface area contributed by atoms with Crippen LogP contribution in [0.1, 0.15) is 38.8 Å². The molecule has 3 aromatic heterocycles. The van der Waals surface area contributed by atoms with Crippen molar-refractivity contribution in [3.05, 3.63) is 187 Å². The maximum absolute atomic E-state index is 4.72. The van der Waals surface area contributed by atoms with Crippen LogP contribution < -0.4 is 0 Å². The molecule has 58 heavy (non-hydrogen) atoms. The molecule has 0 aliphatic rings. The lowest BCUT2D eigenvalue weighted by Crippen LogP contribution is -2.05. The number of allylic oxidation sites excluding steroid dienone is 2. The van der Waals surface area contributed by atoms with Crippen LogP contribution in [-0.4, -0.2) is 27.4 Å². The minimum absolute atomic E-state index is 0.563. The molecule has 10 aromatic rings. The van der Waals surface area contributed by atoms with E-state index in [0.29, 0.717) is 18.2 Å². The second-order valence-corrected chi connectivity index (χ2v) is 14.0. The molecule has 3 heterocycles. The molecule has 10 rings (SSSR count). The lowest BCUT2D eigenvalue weighted by Gasteiger charge is -2.06. The number of fused-ring (bicyclic) bond motifs is 11. The number of hydrogen-bond donors (Lipinski definition) is 0. The summed E-state index contributed by atoms with van der Waals surface area (Å²) in [6.07, 6.45) is 5.89. The van der Waals surface area contributed by atoms with E-state index in [1.807, 2.05) is 94.5 Å². The molecule has 5 nitrogen and oxygen atoms in total. The lowest BCUT2D eigenvalue weighted by molar-refractivity contribution is 1.02. The molecule has 0 unspecified atom stereocenters. The van der Waals surface area contributed by atoms with Gasteiger partial charge < -0.3 is 8.97 Å². The summed E-state index contributed by atoms with van der Waals surface area (Å²) in [6.45, 7) is 12.2. The SMILES string of the molecule is C=NC(=NC(=NCc1ccccc1)c1ccccc1)C(/C=C\C)=C/C.CC.Cn1c2ccccc2c2cc3ccc4c5cccc6c7ccccc7n(c4c3cc21)c65. The van der Waals surface area contributed by atoms with Crippen molar-refractivity contribution in [2.75, 3.05) is 0 Å². The Balaban J connectivity index is 0.000000160. The van der Waals surface area contributed by atoms with Gasteiger partial charge in [0, 0.05) is 66.9 Å². The van der Waals surface area contributed by atoms with Gasteiger partial charge in [0.05, 0.1) is 23.1 Å². The van der Waals surface area contributed by atoms with Crippen LogP contribution in [0, 0.1) is 0 Å². The van der Waals surface area contributed by atoms with Crippen molar-refractivity contribution < 1.29 is 0 Å². The van der Waals surface area contributed by atoms with E-state index >= 15 is 0 Å². The molecule has 0 saturated heterocycles. The fourth-order valence-electron chi connectivity index (χ4n) is 8.19.